The van der Waals surface area contributed by atoms with Crippen molar-refractivity contribution in [2.24, 2.45) is 0 Å². The number of benzene rings is 17. The van der Waals surface area contributed by atoms with Gasteiger partial charge in [-0.3, -0.25) is 0 Å². The summed E-state index contributed by atoms with van der Waals surface area (Å²) in [6.45, 7) is 0. The van der Waals surface area contributed by atoms with E-state index in [1.54, 1.807) is 42.5 Å². The molecular formula is C82H50O. The molecule has 0 unspecified atom stereocenters. The molecule has 0 N–H and O–H groups in total. The maximum absolute atomic E-state index is 9.48. The van der Waals surface area contributed by atoms with Gasteiger partial charge in [-0.15, -0.1) is 0 Å². The molecule has 0 bridgehead atoms. The number of hydrogen-bond acceptors (Lipinski definition) is 1. The predicted octanol–water partition coefficient (Wildman–Crippen LogP) is 23.4. The van der Waals surface area contributed by atoms with Gasteiger partial charge in [0.1, 0.15) is 11.2 Å². The highest BCUT2D eigenvalue weighted by Gasteiger charge is 2.20. The highest BCUT2D eigenvalue weighted by molar-refractivity contribution is 6.28. The standard InChI is InChI=1S/C44H26.C38H24O/c1-2-6-27(7-3-1)34-24-35(37-20-16-32-14-12-28-8-4-10-30-18-22-39(37)43(32)41(28)30)26-36(25-34)38-21-17-33-15-13-29-9-5-11-31-19-23-40(38)44(33)42(29)31;1-3-11-25(12-4-1)27-19-21-35-33(23-27)34-24-28(20-22-36(34)39-35)38-31-17-9-7-15-29(31)37(26-13-5-2-6-14-26)30-16-8-10-18-32(30)38/h1-26H;1-24H/i4D,5D,8D,9D,10D,11D,12D,13D,14D,15D,16D,17D,18D,19D,20D,21D,22D,23D;. The average Bonchev–Trinajstić information content (AvgIpc) is 1.27. The largest absolute Gasteiger partial charge is 0.456 e. The maximum atomic E-state index is 9.48. The van der Waals surface area contributed by atoms with Crippen molar-refractivity contribution in [2.75, 3.05) is 0 Å². The van der Waals surface area contributed by atoms with Gasteiger partial charge in [0, 0.05) is 10.8 Å². The van der Waals surface area contributed by atoms with Gasteiger partial charge in [-0.25, -0.2) is 0 Å². The van der Waals surface area contributed by atoms with Gasteiger partial charge in [0.15, 0.2) is 0 Å². The fourth-order valence-electron chi connectivity index (χ4n) is 12.4. The average molecular weight is 1070 g/mol. The van der Waals surface area contributed by atoms with Gasteiger partial charge in [-0.1, -0.05) is 260 Å². The fourth-order valence-corrected chi connectivity index (χ4v) is 12.4. The van der Waals surface area contributed by atoms with Gasteiger partial charge in [0.2, 0.25) is 0 Å². The fraction of sp³-hybridized carbons (Fsp3) is 0. The molecule has 0 saturated heterocycles. The number of rotatable bonds is 6. The van der Waals surface area contributed by atoms with E-state index in [-0.39, 0.29) is 86.9 Å². The first-order chi connectivity index (χ1) is 48.7. The van der Waals surface area contributed by atoms with Crippen LogP contribution in [0.3, 0.4) is 0 Å². The molecule has 18 aromatic rings. The second-order valence-electron chi connectivity index (χ2n) is 20.8. The van der Waals surface area contributed by atoms with E-state index in [9.17, 15) is 8.22 Å². The summed E-state index contributed by atoms with van der Waals surface area (Å²) >= 11 is 0. The highest BCUT2D eigenvalue weighted by Crippen LogP contribution is 2.47. The molecule has 0 aliphatic rings. The van der Waals surface area contributed by atoms with Crippen molar-refractivity contribution in [2.45, 2.75) is 0 Å². The van der Waals surface area contributed by atoms with Crippen molar-refractivity contribution >= 4 is 108 Å². The van der Waals surface area contributed by atoms with Crippen LogP contribution in [0, 0.1) is 0 Å². The van der Waals surface area contributed by atoms with Crippen LogP contribution in [0.5, 0.6) is 0 Å². The molecule has 18 rings (SSSR count). The Kier molecular flexibility index (Phi) is 7.37. The molecule has 0 atom stereocenters. The zero-order chi connectivity index (χ0) is 70.2. The Balaban J connectivity index is 0.000000167. The molecule has 0 aliphatic heterocycles. The Morgan fingerprint density at radius 2 is 0.566 bits per heavy atom. The van der Waals surface area contributed by atoms with Crippen molar-refractivity contribution in [1.82, 2.24) is 0 Å². The van der Waals surface area contributed by atoms with Crippen LogP contribution in [0.25, 0.3) is 175 Å². The van der Waals surface area contributed by atoms with Gasteiger partial charge in [0.25, 0.3) is 0 Å². The van der Waals surface area contributed by atoms with E-state index >= 15 is 0 Å². The van der Waals surface area contributed by atoms with Gasteiger partial charge < -0.3 is 4.42 Å². The first-order valence-electron chi connectivity index (χ1n) is 36.3. The molecule has 1 heterocycles. The molecular weight excluding hydrogens is 1000 g/mol. The third-order valence-electron chi connectivity index (χ3n) is 16.1. The van der Waals surface area contributed by atoms with Crippen LogP contribution in [-0.4, -0.2) is 0 Å². The topological polar surface area (TPSA) is 13.1 Å². The lowest BCUT2D eigenvalue weighted by Crippen LogP contribution is -1.91. The molecule has 1 heteroatoms. The predicted molar refractivity (Wildman–Crippen MR) is 355 cm³/mol. The zero-order valence-corrected chi connectivity index (χ0v) is 43.9. The van der Waals surface area contributed by atoms with E-state index in [0.29, 0.717) is 11.1 Å². The molecule has 1 nitrogen and oxygen atoms in total. The van der Waals surface area contributed by atoms with Crippen LogP contribution in [0.15, 0.2) is 307 Å². The van der Waals surface area contributed by atoms with Crippen LogP contribution in [0.4, 0.5) is 0 Å². The summed E-state index contributed by atoms with van der Waals surface area (Å²) in [4.78, 5) is 0. The second-order valence-corrected chi connectivity index (χ2v) is 20.8. The van der Waals surface area contributed by atoms with Crippen molar-refractivity contribution in [3.8, 4) is 66.8 Å². The van der Waals surface area contributed by atoms with Gasteiger partial charge in [0.05, 0.1) is 24.7 Å². The maximum Gasteiger partial charge on any atom is 0.135 e. The first kappa shape index (κ1) is 32.4. The van der Waals surface area contributed by atoms with E-state index in [4.69, 9.17) is 20.9 Å². The summed E-state index contributed by atoms with van der Waals surface area (Å²) in [5, 5.41) is 5.79. The monoisotopic (exact) mass is 1070 g/mol. The Bertz CT molecular complexity index is 6330. The van der Waals surface area contributed by atoms with E-state index in [1.807, 2.05) is 0 Å². The van der Waals surface area contributed by atoms with Crippen molar-refractivity contribution < 1.29 is 29.1 Å². The molecule has 17 aromatic carbocycles. The van der Waals surface area contributed by atoms with Crippen molar-refractivity contribution in [3.63, 3.8) is 0 Å². The number of hydrogen-bond donors (Lipinski definition) is 0. The van der Waals surface area contributed by atoms with Crippen LogP contribution in [0.1, 0.15) is 24.7 Å². The molecule has 83 heavy (non-hydrogen) atoms. The highest BCUT2D eigenvalue weighted by atomic mass is 16.3. The molecule has 0 saturated carbocycles. The molecule has 0 aliphatic carbocycles. The summed E-state index contributed by atoms with van der Waals surface area (Å²) in [6.07, 6.45) is 0. The van der Waals surface area contributed by atoms with E-state index in [0.717, 1.165) is 21.9 Å². The van der Waals surface area contributed by atoms with E-state index < -0.39 is 109 Å². The van der Waals surface area contributed by atoms with Crippen LogP contribution >= 0.6 is 0 Å². The van der Waals surface area contributed by atoms with Crippen LogP contribution < -0.4 is 0 Å². The summed E-state index contributed by atoms with van der Waals surface area (Å²) in [6, 6.07) is 56.1. The summed E-state index contributed by atoms with van der Waals surface area (Å²) in [7, 11) is 0. The van der Waals surface area contributed by atoms with Crippen molar-refractivity contribution in [1.29, 1.82) is 0 Å². The number of fused-ring (bicyclic) bond motifs is 5. The Morgan fingerprint density at radius 3 is 1.04 bits per heavy atom. The summed E-state index contributed by atoms with van der Waals surface area (Å²) in [5.41, 5.74) is 10.4. The van der Waals surface area contributed by atoms with Gasteiger partial charge in [-0.05, 0) is 195 Å². The van der Waals surface area contributed by atoms with E-state index in [2.05, 4.69) is 146 Å². The number of furan rings is 1. The summed E-state index contributed by atoms with van der Waals surface area (Å²) < 4.78 is 169. The van der Waals surface area contributed by atoms with Crippen LogP contribution in [-0.2, 0) is 0 Å². The zero-order valence-electron chi connectivity index (χ0n) is 61.9. The smallest absolute Gasteiger partial charge is 0.135 e. The third-order valence-corrected chi connectivity index (χ3v) is 16.1. The minimum absolute atomic E-state index is 0.00774. The Morgan fingerprint density at radius 1 is 0.217 bits per heavy atom. The van der Waals surface area contributed by atoms with Gasteiger partial charge >= 0.3 is 0 Å². The SMILES string of the molecule is [2H]c1c([2H])c2c([2H])c([2H])c3c([2H])c([2H])c(-c4cc(-c5ccccc5)cc(-c5c([2H])c([2H])c6c([2H])c([2H])c7c([2H])c([2H])c([2H])c8c([2H])c([2H])c5c6c78)c4)c4c([2H])c([2H])c(c1[2H])c2c34.c1ccc(-c2ccc3oc4ccc(-c5c6ccccc6c(-c6ccccc6)c6ccccc56)cc4c3c2)cc1. The quantitative estimate of drug-likeness (QED) is 0.119. The molecule has 0 spiro atoms. The third kappa shape index (κ3) is 7.63. The van der Waals surface area contributed by atoms with Crippen LogP contribution in [0.2, 0.25) is 0 Å². The molecule has 1 aromatic heterocycles. The molecule has 0 fully saturated rings. The lowest BCUT2D eigenvalue weighted by atomic mass is 9.86. The second kappa shape index (κ2) is 18.9. The Hall–Kier alpha value is -10.9. The summed E-state index contributed by atoms with van der Waals surface area (Å²) in [5.74, 6) is 0. The minimum atomic E-state index is -0.600. The lowest BCUT2D eigenvalue weighted by molar-refractivity contribution is 0.669. The Labute approximate surface area is 505 Å². The van der Waals surface area contributed by atoms with Crippen molar-refractivity contribution in [3.05, 3.63) is 303 Å². The molecule has 0 amide bonds. The minimum Gasteiger partial charge on any atom is -0.456 e. The normalized spacial score (nSPS) is 14.9. The molecule has 384 valence electrons. The van der Waals surface area contributed by atoms with Gasteiger partial charge in [-0.2, -0.15) is 0 Å². The molecule has 0 radical (unpaired) electrons. The lowest BCUT2D eigenvalue weighted by Gasteiger charge is -2.18. The van der Waals surface area contributed by atoms with E-state index in [1.165, 1.54) is 61.0 Å². The first-order valence-corrected chi connectivity index (χ1v) is 27.3.